The zero-order chi connectivity index (χ0) is 17.5. The van der Waals surface area contributed by atoms with Crippen molar-refractivity contribution in [3.05, 3.63) is 29.8 Å². The van der Waals surface area contributed by atoms with Crippen LogP contribution in [0.1, 0.15) is 37.0 Å². The molecule has 0 atom stereocenters. The molecule has 0 bridgehead atoms. The van der Waals surface area contributed by atoms with Gasteiger partial charge in [0.15, 0.2) is 0 Å². The number of hydrogen-bond acceptors (Lipinski definition) is 4. The molecule has 0 aliphatic carbocycles. The smallest absolute Gasteiger partial charge is 0.254 e. The predicted molar refractivity (Wildman–Crippen MR) is 98.4 cm³/mol. The van der Waals surface area contributed by atoms with Crippen LogP contribution in [0.4, 0.5) is 0 Å². The van der Waals surface area contributed by atoms with Crippen LogP contribution in [0.15, 0.2) is 29.2 Å². The van der Waals surface area contributed by atoms with Crippen molar-refractivity contribution in [2.24, 2.45) is 0 Å². The Kier molecular flexibility index (Phi) is 7.12. The summed E-state index contributed by atoms with van der Waals surface area (Å²) < 4.78 is 0. The van der Waals surface area contributed by atoms with Gasteiger partial charge in [0, 0.05) is 30.1 Å². The average Bonchev–Trinajstić information content (AvgIpc) is 2.59. The zero-order valence-electron chi connectivity index (χ0n) is 14.7. The minimum absolute atomic E-state index is 0.00733. The first-order valence-electron chi connectivity index (χ1n) is 8.49. The number of likely N-dealkylation sites (tertiary alicyclic amines) is 1. The molecular weight excluding hydrogens is 322 g/mol. The van der Waals surface area contributed by atoms with Crippen LogP contribution in [0.5, 0.6) is 0 Å². The monoisotopic (exact) mass is 349 g/mol. The third kappa shape index (κ3) is 5.24. The Hall–Kier alpha value is -1.53. The van der Waals surface area contributed by atoms with E-state index in [0.717, 1.165) is 30.8 Å². The van der Waals surface area contributed by atoms with Crippen molar-refractivity contribution in [3.8, 4) is 0 Å². The van der Waals surface area contributed by atoms with Gasteiger partial charge in [-0.25, -0.2) is 0 Å². The van der Waals surface area contributed by atoms with E-state index in [1.807, 2.05) is 50.1 Å². The van der Waals surface area contributed by atoms with Crippen molar-refractivity contribution in [1.82, 2.24) is 15.5 Å². The van der Waals surface area contributed by atoms with Gasteiger partial charge < -0.3 is 15.5 Å². The average molecular weight is 350 g/mol. The molecule has 2 amide bonds. The SMILES string of the molecule is CNC1CCN(C(=O)c2ccccc2SCC(=O)NC(C)C)CC1. The molecule has 1 aromatic rings. The molecule has 1 fully saturated rings. The zero-order valence-corrected chi connectivity index (χ0v) is 15.5. The van der Waals surface area contributed by atoms with Crippen LogP contribution in [-0.2, 0) is 4.79 Å². The maximum absolute atomic E-state index is 12.8. The molecule has 1 aliphatic heterocycles. The molecule has 1 heterocycles. The Morgan fingerprint density at radius 1 is 1.25 bits per heavy atom. The summed E-state index contributed by atoms with van der Waals surface area (Å²) in [5.41, 5.74) is 0.697. The van der Waals surface area contributed by atoms with Crippen LogP contribution in [0.2, 0.25) is 0 Å². The standard InChI is InChI=1S/C18H27N3O2S/c1-13(2)20-17(22)12-24-16-7-5-4-6-15(16)18(23)21-10-8-14(19-3)9-11-21/h4-7,13-14,19H,8-12H2,1-3H3,(H,20,22). The van der Waals surface area contributed by atoms with E-state index in [1.165, 1.54) is 11.8 Å². The molecule has 2 rings (SSSR count). The summed E-state index contributed by atoms with van der Waals surface area (Å²) in [6.07, 6.45) is 1.96. The summed E-state index contributed by atoms with van der Waals surface area (Å²) in [6, 6.07) is 8.19. The largest absolute Gasteiger partial charge is 0.353 e. The van der Waals surface area contributed by atoms with E-state index in [2.05, 4.69) is 10.6 Å². The Balaban J connectivity index is 2.00. The van der Waals surface area contributed by atoms with E-state index in [0.29, 0.717) is 17.4 Å². The highest BCUT2D eigenvalue weighted by Crippen LogP contribution is 2.25. The number of nitrogens with one attached hydrogen (secondary N) is 2. The lowest BCUT2D eigenvalue weighted by Crippen LogP contribution is -2.44. The normalized spacial score (nSPS) is 15.6. The van der Waals surface area contributed by atoms with Gasteiger partial charge in [0.25, 0.3) is 5.91 Å². The van der Waals surface area contributed by atoms with Crippen molar-refractivity contribution in [2.75, 3.05) is 25.9 Å². The summed E-state index contributed by atoms with van der Waals surface area (Å²) in [7, 11) is 1.97. The quantitative estimate of drug-likeness (QED) is 0.773. The molecule has 0 radical (unpaired) electrons. The lowest BCUT2D eigenvalue weighted by Gasteiger charge is -2.32. The van der Waals surface area contributed by atoms with E-state index in [-0.39, 0.29) is 17.9 Å². The molecule has 1 saturated heterocycles. The van der Waals surface area contributed by atoms with Crippen LogP contribution in [0.3, 0.4) is 0 Å². The number of benzene rings is 1. The minimum atomic E-state index is -0.00733. The van der Waals surface area contributed by atoms with Crippen molar-refractivity contribution in [1.29, 1.82) is 0 Å². The number of piperidine rings is 1. The Morgan fingerprint density at radius 2 is 1.92 bits per heavy atom. The Morgan fingerprint density at radius 3 is 2.54 bits per heavy atom. The fraction of sp³-hybridized carbons (Fsp3) is 0.556. The van der Waals surface area contributed by atoms with Crippen LogP contribution >= 0.6 is 11.8 Å². The van der Waals surface area contributed by atoms with Crippen LogP contribution < -0.4 is 10.6 Å². The maximum Gasteiger partial charge on any atom is 0.254 e. The maximum atomic E-state index is 12.8. The van der Waals surface area contributed by atoms with Crippen LogP contribution in [0, 0.1) is 0 Å². The van der Waals surface area contributed by atoms with Crippen molar-refractivity contribution < 1.29 is 9.59 Å². The van der Waals surface area contributed by atoms with Gasteiger partial charge in [-0.1, -0.05) is 12.1 Å². The first kappa shape index (κ1) is 18.8. The fourth-order valence-electron chi connectivity index (χ4n) is 2.82. The first-order valence-corrected chi connectivity index (χ1v) is 9.47. The molecule has 5 nitrogen and oxygen atoms in total. The van der Waals surface area contributed by atoms with E-state index in [9.17, 15) is 9.59 Å². The molecule has 132 valence electrons. The van der Waals surface area contributed by atoms with Gasteiger partial charge in [0.1, 0.15) is 0 Å². The topological polar surface area (TPSA) is 61.4 Å². The minimum Gasteiger partial charge on any atom is -0.353 e. The molecule has 0 saturated carbocycles. The second-order valence-electron chi connectivity index (χ2n) is 6.36. The predicted octanol–water partition coefficient (Wildman–Crippen LogP) is 2.13. The highest BCUT2D eigenvalue weighted by atomic mass is 32.2. The number of nitrogens with zero attached hydrogens (tertiary/aromatic N) is 1. The third-order valence-electron chi connectivity index (χ3n) is 4.12. The molecule has 0 aromatic heterocycles. The van der Waals surface area contributed by atoms with E-state index >= 15 is 0 Å². The van der Waals surface area contributed by atoms with E-state index in [1.54, 1.807) is 0 Å². The Labute approximate surface area is 148 Å². The molecule has 0 spiro atoms. The van der Waals surface area contributed by atoms with E-state index in [4.69, 9.17) is 0 Å². The van der Waals surface area contributed by atoms with Gasteiger partial charge in [0.2, 0.25) is 5.91 Å². The molecule has 24 heavy (non-hydrogen) atoms. The number of thioether (sulfide) groups is 1. The molecule has 1 aromatic carbocycles. The third-order valence-corrected chi connectivity index (χ3v) is 5.19. The lowest BCUT2D eigenvalue weighted by atomic mass is 10.0. The number of carbonyl (C=O) groups is 2. The second-order valence-corrected chi connectivity index (χ2v) is 7.38. The number of rotatable bonds is 6. The number of amides is 2. The molecular formula is C18H27N3O2S. The van der Waals surface area contributed by atoms with Gasteiger partial charge in [-0.2, -0.15) is 0 Å². The van der Waals surface area contributed by atoms with E-state index < -0.39 is 0 Å². The Bertz CT molecular complexity index is 569. The van der Waals surface area contributed by atoms with Crippen molar-refractivity contribution in [2.45, 2.75) is 43.7 Å². The van der Waals surface area contributed by atoms with Crippen LogP contribution in [0.25, 0.3) is 0 Å². The highest BCUT2D eigenvalue weighted by molar-refractivity contribution is 8.00. The van der Waals surface area contributed by atoms with Gasteiger partial charge in [-0.3, -0.25) is 9.59 Å². The summed E-state index contributed by atoms with van der Waals surface area (Å²) in [5.74, 6) is 0.383. The summed E-state index contributed by atoms with van der Waals surface area (Å²) in [5, 5.41) is 6.15. The second kappa shape index (κ2) is 9.08. The fourth-order valence-corrected chi connectivity index (χ4v) is 3.67. The van der Waals surface area contributed by atoms with Gasteiger partial charge in [0.05, 0.1) is 11.3 Å². The molecule has 0 unspecified atom stereocenters. The molecule has 2 N–H and O–H groups in total. The summed E-state index contributed by atoms with van der Waals surface area (Å²) in [4.78, 5) is 27.5. The highest BCUT2D eigenvalue weighted by Gasteiger charge is 2.24. The van der Waals surface area contributed by atoms with Gasteiger partial charge >= 0.3 is 0 Å². The summed E-state index contributed by atoms with van der Waals surface area (Å²) in [6.45, 7) is 5.43. The number of hydrogen-bond donors (Lipinski definition) is 2. The van der Waals surface area contributed by atoms with Gasteiger partial charge in [-0.15, -0.1) is 11.8 Å². The van der Waals surface area contributed by atoms with Crippen LogP contribution in [-0.4, -0.2) is 54.7 Å². The van der Waals surface area contributed by atoms with Crippen molar-refractivity contribution in [3.63, 3.8) is 0 Å². The number of carbonyl (C=O) groups excluding carboxylic acids is 2. The molecule has 6 heteroatoms. The lowest BCUT2D eigenvalue weighted by molar-refractivity contribution is -0.119. The summed E-state index contributed by atoms with van der Waals surface area (Å²) >= 11 is 1.42. The molecule has 1 aliphatic rings. The van der Waals surface area contributed by atoms with Gasteiger partial charge in [-0.05, 0) is 45.9 Å². The first-order chi connectivity index (χ1) is 11.5. The van der Waals surface area contributed by atoms with Crippen molar-refractivity contribution >= 4 is 23.6 Å².